The van der Waals surface area contributed by atoms with Gasteiger partial charge in [-0.15, -0.1) is 0 Å². The van der Waals surface area contributed by atoms with Gasteiger partial charge in [-0.2, -0.15) is 0 Å². The highest BCUT2D eigenvalue weighted by atomic mass is 16.5. The van der Waals surface area contributed by atoms with Crippen LogP contribution in [0.5, 0.6) is 5.75 Å². The molecule has 0 saturated carbocycles. The zero-order valence-electron chi connectivity index (χ0n) is 18.7. The van der Waals surface area contributed by atoms with Gasteiger partial charge in [0.2, 0.25) is 5.95 Å². The van der Waals surface area contributed by atoms with Crippen LogP contribution >= 0.6 is 0 Å². The zero-order valence-corrected chi connectivity index (χ0v) is 18.7. The fourth-order valence-electron chi connectivity index (χ4n) is 4.34. The van der Waals surface area contributed by atoms with E-state index in [9.17, 15) is 0 Å². The lowest BCUT2D eigenvalue weighted by Crippen LogP contribution is -2.47. The lowest BCUT2D eigenvalue weighted by molar-refractivity contribution is 0.238. The molecule has 0 atom stereocenters. The topological polar surface area (TPSA) is 44.7 Å². The third-order valence-corrected chi connectivity index (χ3v) is 5.90. The minimum Gasteiger partial charge on any atom is -0.491 e. The van der Waals surface area contributed by atoms with Gasteiger partial charge in [0.15, 0.2) is 0 Å². The van der Waals surface area contributed by atoms with E-state index >= 15 is 0 Å². The fraction of sp³-hybridized carbons (Fsp3) is 0.583. The highest BCUT2D eigenvalue weighted by molar-refractivity contribution is 5.35. The molecule has 0 N–H and O–H groups in total. The Morgan fingerprint density at radius 2 is 1.77 bits per heavy atom. The summed E-state index contributed by atoms with van der Waals surface area (Å²) in [5.74, 6) is 1.85. The van der Waals surface area contributed by atoms with Crippen LogP contribution in [-0.4, -0.2) is 65.1 Å². The summed E-state index contributed by atoms with van der Waals surface area (Å²) < 4.78 is 5.75. The van der Waals surface area contributed by atoms with Gasteiger partial charge in [-0.1, -0.05) is 19.1 Å². The minimum absolute atomic E-state index is 0.208. The summed E-state index contributed by atoms with van der Waals surface area (Å²) in [6, 6.07) is 8.49. The van der Waals surface area contributed by atoms with Gasteiger partial charge < -0.3 is 9.64 Å². The molecule has 1 fully saturated rings. The van der Waals surface area contributed by atoms with Crippen LogP contribution in [0.2, 0.25) is 0 Å². The molecule has 0 radical (unpaired) electrons. The second-order valence-corrected chi connectivity index (χ2v) is 8.74. The average molecular weight is 410 g/mol. The summed E-state index contributed by atoms with van der Waals surface area (Å²) in [6.45, 7) is 14.7. The Balaban J connectivity index is 1.33. The lowest BCUT2D eigenvalue weighted by atomic mass is 10.1. The predicted molar refractivity (Wildman–Crippen MR) is 121 cm³/mol. The number of benzene rings is 1. The minimum atomic E-state index is 0.208. The van der Waals surface area contributed by atoms with E-state index in [1.807, 2.05) is 0 Å². The summed E-state index contributed by atoms with van der Waals surface area (Å²) in [5, 5.41) is 0. The highest BCUT2D eigenvalue weighted by Crippen LogP contribution is 2.22. The van der Waals surface area contributed by atoms with Crippen molar-refractivity contribution in [1.82, 2.24) is 19.8 Å². The Morgan fingerprint density at radius 1 is 1.00 bits per heavy atom. The maximum atomic E-state index is 5.75. The van der Waals surface area contributed by atoms with Crippen molar-refractivity contribution >= 4 is 5.95 Å². The van der Waals surface area contributed by atoms with Crippen molar-refractivity contribution < 1.29 is 4.74 Å². The monoisotopic (exact) mass is 409 g/mol. The predicted octanol–water partition coefficient (Wildman–Crippen LogP) is 3.35. The van der Waals surface area contributed by atoms with Gasteiger partial charge in [-0.05, 0) is 44.5 Å². The van der Waals surface area contributed by atoms with Gasteiger partial charge in [0.25, 0.3) is 0 Å². The summed E-state index contributed by atoms with van der Waals surface area (Å²) in [5.41, 5.74) is 3.82. The van der Waals surface area contributed by atoms with Crippen molar-refractivity contribution in [3.8, 4) is 5.75 Å². The van der Waals surface area contributed by atoms with Crippen molar-refractivity contribution in [1.29, 1.82) is 0 Å². The fourth-order valence-corrected chi connectivity index (χ4v) is 4.34. The molecule has 0 spiro atoms. The molecule has 2 aliphatic heterocycles. The third kappa shape index (κ3) is 5.29. The normalized spacial score (nSPS) is 17.9. The van der Waals surface area contributed by atoms with E-state index < -0.39 is 0 Å². The van der Waals surface area contributed by atoms with Gasteiger partial charge in [0, 0.05) is 64.0 Å². The van der Waals surface area contributed by atoms with Crippen LogP contribution in [0, 0.1) is 0 Å². The molecule has 30 heavy (non-hydrogen) atoms. The largest absolute Gasteiger partial charge is 0.491 e. The standard InChI is InChI=1S/C24H35N5O/c1-4-10-27-12-14-29(15-13-27)24-25-16-21-18-28(11-9-23(21)26-24)17-20-5-7-22(8-6-20)30-19(2)3/h5-8,16,19H,4,9-15,17-18H2,1-3H3. The molecular weight excluding hydrogens is 374 g/mol. The molecule has 162 valence electrons. The summed E-state index contributed by atoms with van der Waals surface area (Å²) in [7, 11) is 0. The van der Waals surface area contributed by atoms with Gasteiger partial charge in [0.1, 0.15) is 5.75 Å². The Bertz CT molecular complexity index is 815. The van der Waals surface area contributed by atoms with Crippen LogP contribution in [-0.2, 0) is 19.5 Å². The van der Waals surface area contributed by atoms with Gasteiger partial charge in [-0.3, -0.25) is 9.80 Å². The molecule has 3 heterocycles. The number of fused-ring (bicyclic) bond motifs is 1. The number of hydrogen-bond donors (Lipinski definition) is 0. The van der Waals surface area contributed by atoms with Crippen LogP contribution < -0.4 is 9.64 Å². The van der Waals surface area contributed by atoms with Crippen molar-refractivity contribution in [2.24, 2.45) is 0 Å². The number of ether oxygens (including phenoxy) is 1. The molecule has 6 heteroatoms. The van der Waals surface area contributed by atoms with Crippen molar-refractivity contribution in [3.05, 3.63) is 47.3 Å². The van der Waals surface area contributed by atoms with Crippen LogP contribution in [0.3, 0.4) is 0 Å². The van der Waals surface area contributed by atoms with E-state index in [4.69, 9.17) is 14.7 Å². The first-order valence-corrected chi connectivity index (χ1v) is 11.4. The summed E-state index contributed by atoms with van der Waals surface area (Å²) >= 11 is 0. The number of aromatic nitrogens is 2. The quantitative estimate of drug-likeness (QED) is 0.699. The molecule has 1 aromatic carbocycles. The van der Waals surface area contributed by atoms with E-state index in [2.05, 4.69) is 65.9 Å². The Labute approximate surface area is 180 Å². The highest BCUT2D eigenvalue weighted by Gasteiger charge is 2.22. The van der Waals surface area contributed by atoms with Gasteiger partial charge in [0.05, 0.1) is 11.8 Å². The number of anilines is 1. The first-order chi connectivity index (χ1) is 14.6. The molecule has 2 aromatic rings. The third-order valence-electron chi connectivity index (χ3n) is 5.90. The van der Waals surface area contributed by atoms with Crippen LogP contribution in [0.15, 0.2) is 30.5 Å². The lowest BCUT2D eigenvalue weighted by Gasteiger charge is -2.35. The van der Waals surface area contributed by atoms with E-state index in [-0.39, 0.29) is 6.10 Å². The number of piperazine rings is 1. The molecule has 0 amide bonds. The second-order valence-electron chi connectivity index (χ2n) is 8.74. The molecule has 2 aliphatic rings. The van der Waals surface area contributed by atoms with Crippen LogP contribution in [0.4, 0.5) is 5.95 Å². The Morgan fingerprint density at radius 3 is 2.47 bits per heavy atom. The number of hydrogen-bond acceptors (Lipinski definition) is 6. The van der Waals surface area contributed by atoms with E-state index in [1.165, 1.54) is 29.8 Å². The molecule has 0 unspecified atom stereocenters. The van der Waals surface area contributed by atoms with Gasteiger partial charge >= 0.3 is 0 Å². The molecule has 6 nitrogen and oxygen atoms in total. The van der Waals surface area contributed by atoms with E-state index in [1.54, 1.807) is 0 Å². The van der Waals surface area contributed by atoms with Crippen molar-refractivity contribution in [2.45, 2.75) is 52.8 Å². The molecular formula is C24H35N5O. The molecule has 0 aliphatic carbocycles. The molecule has 4 rings (SSSR count). The first kappa shape index (κ1) is 21.1. The Hall–Kier alpha value is -2.18. The molecule has 1 saturated heterocycles. The molecule has 0 bridgehead atoms. The molecule has 1 aromatic heterocycles. The van der Waals surface area contributed by atoms with E-state index in [0.29, 0.717) is 0 Å². The van der Waals surface area contributed by atoms with Crippen LogP contribution in [0.25, 0.3) is 0 Å². The number of nitrogens with zero attached hydrogens (tertiary/aromatic N) is 5. The van der Waals surface area contributed by atoms with Crippen molar-refractivity contribution in [2.75, 3.05) is 44.2 Å². The maximum Gasteiger partial charge on any atom is 0.225 e. The summed E-state index contributed by atoms with van der Waals surface area (Å²) in [6.07, 6.45) is 4.48. The SMILES string of the molecule is CCCN1CCN(c2ncc3c(n2)CCN(Cc2ccc(OC(C)C)cc2)C3)CC1. The summed E-state index contributed by atoms with van der Waals surface area (Å²) in [4.78, 5) is 17.0. The maximum absolute atomic E-state index is 5.75. The van der Waals surface area contributed by atoms with E-state index in [0.717, 1.165) is 63.9 Å². The zero-order chi connectivity index (χ0) is 20.9. The Kier molecular flexibility index (Phi) is 6.85. The van der Waals surface area contributed by atoms with Crippen LogP contribution in [0.1, 0.15) is 44.0 Å². The second kappa shape index (κ2) is 9.75. The first-order valence-electron chi connectivity index (χ1n) is 11.4. The number of rotatable bonds is 7. The average Bonchev–Trinajstić information content (AvgIpc) is 2.75. The van der Waals surface area contributed by atoms with Crippen molar-refractivity contribution in [3.63, 3.8) is 0 Å². The van der Waals surface area contributed by atoms with Gasteiger partial charge in [-0.25, -0.2) is 9.97 Å². The smallest absolute Gasteiger partial charge is 0.225 e.